The molecule has 0 aromatic carbocycles. The Labute approximate surface area is 122 Å². The Morgan fingerprint density at radius 3 is 2.19 bits per heavy atom. The number of allylic oxidation sites excluding steroid dienone is 2. The molecule has 0 radical (unpaired) electrons. The Balaban J connectivity index is 2.29. The fourth-order valence-electron chi connectivity index (χ4n) is 2.03. The number of hydrogen-bond acceptors (Lipinski definition) is 4. The van der Waals surface area contributed by atoms with E-state index in [0.717, 1.165) is 9.80 Å². The first-order chi connectivity index (χ1) is 10.1. The van der Waals surface area contributed by atoms with Gasteiger partial charge in [0.1, 0.15) is 11.3 Å². The molecule has 4 amide bonds. The zero-order valence-corrected chi connectivity index (χ0v) is 11.9. The van der Waals surface area contributed by atoms with Gasteiger partial charge in [-0.3, -0.25) is 19.4 Å². The van der Waals surface area contributed by atoms with E-state index in [1.165, 1.54) is 12.3 Å². The van der Waals surface area contributed by atoms with Gasteiger partial charge in [0, 0.05) is 13.1 Å². The summed E-state index contributed by atoms with van der Waals surface area (Å²) in [4.78, 5) is 38.4. The number of furan rings is 1. The summed E-state index contributed by atoms with van der Waals surface area (Å²) in [7, 11) is 0. The molecular weight excluding hydrogens is 272 g/mol. The molecule has 6 nitrogen and oxygen atoms in total. The average molecular weight is 288 g/mol. The van der Waals surface area contributed by atoms with Crippen molar-refractivity contribution >= 4 is 23.9 Å². The molecule has 0 unspecified atom stereocenters. The van der Waals surface area contributed by atoms with E-state index in [0.29, 0.717) is 5.76 Å². The van der Waals surface area contributed by atoms with Crippen molar-refractivity contribution in [2.75, 3.05) is 13.1 Å². The van der Waals surface area contributed by atoms with Gasteiger partial charge in [0.15, 0.2) is 0 Å². The molecular formula is C15H16N2O4. The van der Waals surface area contributed by atoms with Gasteiger partial charge in [0.2, 0.25) is 0 Å². The molecule has 1 fully saturated rings. The number of hydrogen-bond donors (Lipinski definition) is 0. The highest BCUT2D eigenvalue weighted by molar-refractivity contribution is 6.28. The van der Waals surface area contributed by atoms with Gasteiger partial charge in [-0.2, -0.15) is 0 Å². The number of urea groups is 1. The largest absolute Gasteiger partial charge is 0.465 e. The topological polar surface area (TPSA) is 70.8 Å². The fraction of sp³-hybridized carbons (Fsp3) is 0.267. The van der Waals surface area contributed by atoms with Crippen molar-refractivity contribution in [2.24, 2.45) is 0 Å². The van der Waals surface area contributed by atoms with Crippen LogP contribution in [0.4, 0.5) is 4.79 Å². The molecule has 0 N–H and O–H groups in total. The number of likely N-dealkylation sites (N-methyl/N-ethyl adjacent to an activating group) is 2. The molecule has 0 spiro atoms. The molecule has 1 saturated heterocycles. The number of carbonyl (C=O) groups excluding carboxylic acids is 3. The first-order valence-electron chi connectivity index (χ1n) is 6.69. The van der Waals surface area contributed by atoms with E-state index in [9.17, 15) is 14.4 Å². The van der Waals surface area contributed by atoms with Gasteiger partial charge < -0.3 is 4.42 Å². The maximum Gasteiger partial charge on any atom is 0.333 e. The molecule has 110 valence electrons. The minimum atomic E-state index is -0.568. The lowest BCUT2D eigenvalue weighted by atomic mass is 10.1. The smallest absolute Gasteiger partial charge is 0.333 e. The van der Waals surface area contributed by atoms with Gasteiger partial charge in [-0.15, -0.1) is 0 Å². The highest BCUT2D eigenvalue weighted by Crippen LogP contribution is 2.17. The van der Waals surface area contributed by atoms with Gasteiger partial charge in [-0.25, -0.2) is 4.79 Å². The van der Waals surface area contributed by atoms with Crippen LogP contribution in [0.25, 0.3) is 6.08 Å². The normalized spacial score (nSPS) is 16.3. The van der Waals surface area contributed by atoms with Crippen LogP contribution in [0.2, 0.25) is 0 Å². The van der Waals surface area contributed by atoms with Gasteiger partial charge in [0.25, 0.3) is 11.8 Å². The second-order valence-corrected chi connectivity index (χ2v) is 4.34. The van der Waals surface area contributed by atoms with E-state index >= 15 is 0 Å². The lowest BCUT2D eigenvalue weighted by molar-refractivity contribution is -0.135. The number of imide groups is 2. The molecule has 2 heterocycles. The third kappa shape index (κ3) is 2.79. The molecule has 1 aliphatic rings. The van der Waals surface area contributed by atoms with E-state index in [4.69, 9.17) is 4.42 Å². The van der Waals surface area contributed by atoms with E-state index in [-0.39, 0.29) is 18.7 Å². The minimum Gasteiger partial charge on any atom is -0.465 e. The number of barbiturate groups is 1. The van der Waals surface area contributed by atoms with E-state index < -0.39 is 17.8 Å². The van der Waals surface area contributed by atoms with Crippen LogP contribution >= 0.6 is 0 Å². The van der Waals surface area contributed by atoms with Crippen LogP contribution in [0.3, 0.4) is 0 Å². The van der Waals surface area contributed by atoms with Gasteiger partial charge >= 0.3 is 6.03 Å². The molecule has 0 aliphatic carbocycles. The zero-order chi connectivity index (χ0) is 15.4. The summed E-state index contributed by atoms with van der Waals surface area (Å²) < 4.78 is 5.12. The minimum absolute atomic E-state index is 0.0268. The quantitative estimate of drug-likeness (QED) is 0.628. The van der Waals surface area contributed by atoms with Crippen molar-refractivity contribution in [3.05, 3.63) is 41.9 Å². The van der Waals surface area contributed by atoms with E-state index in [1.54, 1.807) is 38.1 Å². The Hall–Kier alpha value is -2.63. The SMILES string of the molecule is CCN1C(=O)C(=CC=Cc2ccco2)C(=O)N(CC)C1=O. The van der Waals surface area contributed by atoms with E-state index in [1.807, 2.05) is 0 Å². The van der Waals surface area contributed by atoms with Crippen molar-refractivity contribution < 1.29 is 18.8 Å². The average Bonchev–Trinajstić information content (AvgIpc) is 2.97. The summed E-state index contributed by atoms with van der Waals surface area (Å²) in [5.41, 5.74) is -0.0268. The second-order valence-electron chi connectivity index (χ2n) is 4.34. The molecule has 1 aromatic heterocycles. The summed E-state index contributed by atoms with van der Waals surface area (Å²) >= 11 is 0. The van der Waals surface area contributed by atoms with Crippen molar-refractivity contribution in [1.29, 1.82) is 0 Å². The molecule has 0 saturated carbocycles. The Morgan fingerprint density at radius 2 is 1.71 bits per heavy atom. The van der Waals surface area contributed by atoms with Crippen molar-refractivity contribution in [3.63, 3.8) is 0 Å². The fourth-order valence-corrected chi connectivity index (χ4v) is 2.03. The highest BCUT2D eigenvalue weighted by atomic mass is 16.3. The van der Waals surface area contributed by atoms with Crippen LogP contribution in [-0.2, 0) is 9.59 Å². The number of carbonyl (C=O) groups is 3. The summed E-state index contributed by atoms with van der Waals surface area (Å²) in [6, 6.07) is 2.92. The van der Waals surface area contributed by atoms with Crippen LogP contribution in [0.5, 0.6) is 0 Å². The summed E-state index contributed by atoms with van der Waals surface area (Å²) in [6.45, 7) is 3.83. The molecule has 0 bridgehead atoms. The molecule has 1 aliphatic heterocycles. The number of nitrogens with zero attached hydrogens (tertiary/aromatic N) is 2. The Morgan fingerprint density at radius 1 is 1.10 bits per heavy atom. The van der Waals surface area contributed by atoms with Crippen LogP contribution < -0.4 is 0 Å². The van der Waals surface area contributed by atoms with Crippen LogP contribution in [-0.4, -0.2) is 40.7 Å². The maximum atomic E-state index is 12.2. The third-order valence-corrected chi connectivity index (χ3v) is 3.11. The molecule has 0 atom stereocenters. The zero-order valence-electron chi connectivity index (χ0n) is 11.9. The Bertz CT molecular complexity index is 586. The van der Waals surface area contributed by atoms with Crippen molar-refractivity contribution in [1.82, 2.24) is 9.80 Å². The monoisotopic (exact) mass is 288 g/mol. The molecule has 6 heteroatoms. The first-order valence-corrected chi connectivity index (χ1v) is 6.69. The highest BCUT2D eigenvalue weighted by Gasteiger charge is 2.39. The van der Waals surface area contributed by atoms with Crippen LogP contribution in [0.1, 0.15) is 19.6 Å². The third-order valence-electron chi connectivity index (χ3n) is 3.11. The Kier molecular flexibility index (Phi) is 4.37. The van der Waals surface area contributed by atoms with Crippen LogP contribution in [0, 0.1) is 0 Å². The predicted molar refractivity (Wildman–Crippen MR) is 76.0 cm³/mol. The molecule has 1 aromatic rings. The lowest BCUT2D eigenvalue weighted by Crippen LogP contribution is -2.56. The van der Waals surface area contributed by atoms with Crippen molar-refractivity contribution in [3.8, 4) is 0 Å². The summed E-state index contributed by atoms with van der Waals surface area (Å²) in [6.07, 6.45) is 6.13. The van der Waals surface area contributed by atoms with Crippen LogP contribution in [0.15, 0.2) is 40.5 Å². The van der Waals surface area contributed by atoms with Crippen molar-refractivity contribution in [2.45, 2.75) is 13.8 Å². The van der Waals surface area contributed by atoms with Gasteiger partial charge in [-0.1, -0.05) is 6.08 Å². The molecule has 2 rings (SSSR count). The van der Waals surface area contributed by atoms with Gasteiger partial charge in [0.05, 0.1) is 6.26 Å². The predicted octanol–water partition coefficient (Wildman–Crippen LogP) is 2.05. The van der Waals surface area contributed by atoms with Gasteiger partial charge in [-0.05, 0) is 38.1 Å². The number of rotatable bonds is 4. The van der Waals surface area contributed by atoms with E-state index in [2.05, 4.69) is 0 Å². The lowest BCUT2D eigenvalue weighted by Gasteiger charge is -2.32. The summed E-state index contributed by atoms with van der Waals surface area (Å²) in [5, 5.41) is 0. The summed E-state index contributed by atoms with van der Waals surface area (Å²) in [5.74, 6) is -0.527. The first kappa shape index (κ1) is 14.8. The number of amides is 4. The maximum absolute atomic E-state index is 12.2. The second kappa shape index (κ2) is 6.21. The molecule has 21 heavy (non-hydrogen) atoms. The standard InChI is InChI=1S/C15H16N2O4/c1-3-16-13(18)12(14(19)17(4-2)15(16)20)9-5-7-11-8-6-10-21-11/h5-10H,3-4H2,1-2H3.